The average Bonchev–Trinajstić information content (AvgIpc) is 2.81. The van der Waals surface area contributed by atoms with E-state index in [0.717, 1.165) is 6.08 Å². The fourth-order valence-corrected chi connectivity index (χ4v) is 3.13. The first-order valence-corrected chi connectivity index (χ1v) is 10.0. The molecule has 1 aromatic heterocycles. The minimum absolute atomic E-state index is 0.158. The van der Waals surface area contributed by atoms with E-state index in [0.29, 0.717) is 44.2 Å². The first kappa shape index (κ1) is 23.2. The molecule has 1 heterocycles. The number of carbonyl (C=O) groups is 1. The number of amides is 1. The van der Waals surface area contributed by atoms with Crippen LogP contribution in [-0.4, -0.2) is 30.1 Å². The average molecular weight is 475 g/mol. The van der Waals surface area contributed by atoms with Gasteiger partial charge in [-0.1, -0.05) is 35.8 Å². The fraction of sp³-hybridized carbons (Fsp3) is 0.136. The van der Waals surface area contributed by atoms with Gasteiger partial charge in [0.05, 0.1) is 48.0 Å². The van der Waals surface area contributed by atoms with Crippen molar-refractivity contribution < 1.29 is 19.0 Å². The lowest BCUT2D eigenvalue weighted by Crippen LogP contribution is -2.10. The van der Waals surface area contributed by atoms with Crippen LogP contribution in [0.4, 0.5) is 17.3 Å². The molecule has 0 bridgehead atoms. The number of hydrogen-bond donors (Lipinski definition) is 2. The number of methoxy groups -OCH3 is 2. The second-order valence-corrected chi connectivity index (χ2v) is 7.10. The highest BCUT2D eigenvalue weighted by Crippen LogP contribution is 2.34. The van der Waals surface area contributed by atoms with Crippen molar-refractivity contribution in [1.82, 2.24) is 9.97 Å². The molecule has 166 valence electrons. The Bertz CT molecular complexity index is 1120. The zero-order chi connectivity index (χ0) is 23.1. The van der Waals surface area contributed by atoms with Gasteiger partial charge in [-0.25, -0.2) is 9.97 Å². The Morgan fingerprint density at radius 1 is 1.12 bits per heavy atom. The molecular weight excluding hydrogens is 455 g/mol. The minimum Gasteiger partial charge on any atom is -0.497 e. The van der Waals surface area contributed by atoms with Crippen molar-refractivity contribution in [3.63, 3.8) is 0 Å². The number of nitrogens with one attached hydrogen (secondary N) is 2. The highest BCUT2D eigenvalue weighted by molar-refractivity contribution is 6.34. The van der Waals surface area contributed by atoms with Crippen molar-refractivity contribution >= 4 is 46.4 Å². The summed E-state index contributed by atoms with van der Waals surface area (Å²) in [4.78, 5) is 20.1. The van der Waals surface area contributed by atoms with Crippen LogP contribution < -0.4 is 24.8 Å². The van der Waals surface area contributed by atoms with Crippen LogP contribution in [0, 0.1) is 0 Å². The number of rotatable bonds is 9. The Hall–Kier alpha value is -3.49. The topological polar surface area (TPSA) is 94.6 Å². The SMILES string of the molecule is C=CC(=O)Nc1cccc(Cl)c1Nc1ncc(OCc2cc(OC)cc(OC)c2Cl)cn1. The maximum atomic E-state index is 11.7. The standard InChI is InChI=1S/C22H20Cl2N4O4/c1-4-19(29)27-17-7-5-6-16(23)21(17)28-22-25-10-15(11-26-22)32-12-13-8-14(30-2)9-18(31-3)20(13)24/h4-11H,1,12H2,2-3H3,(H,27,29)(H,25,26,28). The Morgan fingerprint density at radius 3 is 2.53 bits per heavy atom. The molecule has 0 unspecified atom stereocenters. The van der Waals surface area contributed by atoms with Crippen molar-refractivity contribution in [2.75, 3.05) is 24.9 Å². The lowest BCUT2D eigenvalue weighted by molar-refractivity contribution is -0.111. The van der Waals surface area contributed by atoms with Gasteiger partial charge in [-0.2, -0.15) is 0 Å². The Morgan fingerprint density at radius 2 is 1.88 bits per heavy atom. The van der Waals surface area contributed by atoms with Gasteiger partial charge in [0, 0.05) is 11.6 Å². The maximum Gasteiger partial charge on any atom is 0.247 e. The molecule has 0 spiro atoms. The summed E-state index contributed by atoms with van der Waals surface area (Å²) in [7, 11) is 3.08. The van der Waals surface area contributed by atoms with Crippen LogP contribution in [0.2, 0.25) is 10.0 Å². The first-order chi connectivity index (χ1) is 15.4. The van der Waals surface area contributed by atoms with E-state index < -0.39 is 0 Å². The number of aromatic nitrogens is 2. The van der Waals surface area contributed by atoms with E-state index in [9.17, 15) is 4.79 Å². The lowest BCUT2D eigenvalue weighted by atomic mass is 10.2. The van der Waals surface area contributed by atoms with Crippen molar-refractivity contribution in [3.05, 3.63) is 71.0 Å². The molecule has 0 fully saturated rings. The second-order valence-electron chi connectivity index (χ2n) is 6.31. The number of hydrogen-bond acceptors (Lipinski definition) is 7. The largest absolute Gasteiger partial charge is 0.497 e. The predicted octanol–water partition coefficient (Wildman–Crippen LogP) is 5.25. The summed E-state index contributed by atoms with van der Waals surface area (Å²) in [5, 5.41) is 6.49. The molecule has 0 radical (unpaired) electrons. The van der Waals surface area contributed by atoms with Crippen LogP contribution >= 0.6 is 23.2 Å². The Balaban J connectivity index is 1.72. The Kier molecular flexibility index (Phi) is 7.75. The number of nitrogens with zero attached hydrogens (tertiary/aromatic N) is 2. The molecule has 0 aliphatic heterocycles. The van der Waals surface area contributed by atoms with Crippen molar-refractivity contribution in [2.45, 2.75) is 6.61 Å². The van der Waals surface area contributed by atoms with Gasteiger partial charge in [-0.15, -0.1) is 0 Å². The van der Waals surface area contributed by atoms with Crippen LogP contribution in [0.25, 0.3) is 0 Å². The van der Waals surface area contributed by atoms with E-state index in [-0.39, 0.29) is 18.5 Å². The molecule has 2 aromatic carbocycles. The molecule has 8 nitrogen and oxygen atoms in total. The smallest absolute Gasteiger partial charge is 0.247 e. The number of halogens is 2. The van der Waals surface area contributed by atoms with Crippen LogP contribution in [-0.2, 0) is 11.4 Å². The van der Waals surface area contributed by atoms with Gasteiger partial charge in [0.1, 0.15) is 18.1 Å². The van der Waals surface area contributed by atoms with Crippen LogP contribution in [0.5, 0.6) is 17.2 Å². The summed E-state index contributed by atoms with van der Waals surface area (Å²) in [6.45, 7) is 3.60. The number of carbonyl (C=O) groups excluding carboxylic acids is 1. The predicted molar refractivity (Wildman–Crippen MR) is 124 cm³/mol. The van der Waals surface area contributed by atoms with E-state index >= 15 is 0 Å². The van der Waals surface area contributed by atoms with E-state index in [1.807, 2.05) is 0 Å². The van der Waals surface area contributed by atoms with Crippen LogP contribution in [0.15, 0.2) is 55.4 Å². The maximum absolute atomic E-state index is 11.7. The number of ether oxygens (including phenoxy) is 3. The molecule has 0 aliphatic carbocycles. The third kappa shape index (κ3) is 5.60. The summed E-state index contributed by atoms with van der Waals surface area (Å²) < 4.78 is 16.3. The molecule has 32 heavy (non-hydrogen) atoms. The van der Waals surface area contributed by atoms with Gasteiger partial charge in [-0.05, 0) is 24.3 Å². The molecule has 1 amide bonds. The van der Waals surface area contributed by atoms with Gasteiger partial charge >= 0.3 is 0 Å². The van der Waals surface area contributed by atoms with Gasteiger partial charge in [-0.3, -0.25) is 4.79 Å². The number of benzene rings is 2. The highest BCUT2D eigenvalue weighted by atomic mass is 35.5. The third-order valence-corrected chi connectivity index (χ3v) is 5.00. The van der Waals surface area contributed by atoms with Gasteiger partial charge in [0.15, 0.2) is 5.75 Å². The second kappa shape index (κ2) is 10.7. The number of anilines is 3. The van der Waals surface area contributed by atoms with Crippen LogP contribution in [0.1, 0.15) is 5.56 Å². The van der Waals surface area contributed by atoms with Crippen molar-refractivity contribution in [2.24, 2.45) is 0 Å². The van der Waals surface area contributed by atoms with Crippen molar-refractivity contribution in [3.8, 4) is 17.2 Å². The van der Waals surface area contributed by atoms with Gasteiger partial charge < -0.3 is 24.8 Å². The van der Waals surface area contributed by atoms with E-state index in [2.05, 4.69) is 27.2 Å². The lowest BCUT2D eigenvalue weighted by Gasteiger charge is -2.14. The first-order valence-electron chi connectivity index (χ1n) is 9.29. The monoisotopic (exact) mass is 474 g/mol. The molecule has 3 aromatic rings. The molecule has 0 saturated heterocycles. The van der Waals surface area contributed by atoms with Gasteiger partial charge in [0.2, 0.25) is 11.9 Å². The third-order valence-electron chi connectivity index (χ3n) is 4.26. The molecular formula is C22H20Cl2N4O4. The quantitative estimate of drug-likeness (QED) is 0.409. The van der Waals surface area contributed by atoms with E-state index in [1.54, 1.807) is 37.4 Å². The van der Waals surface area contributed by atoms with E-state index in [4.69, 9.17) is 37.4 Å². The van der Waals surface area contributed by atoms with Crippen molar-refractivity contribution in [1.29, 1.82) is 0 Å². The zero-order valence-electron chi connectivity index (χ0n) is 17.3. The summed E-state index contributed by atoms with van der Waals surface area (Å²) >= 11 is 12.6. The summed E-state index contributed by atoms with van der Waals surface area (Å²) in [6, 6.07) is 8.53. The fourth-order valence-electron chi connectivity index (χ4n) is 2.67. The molecule has 10 heteroatoms. The van der Waals surface area contributed by atoms with E-state index in [1.165, 1.54) is 19.5 Å². The Labute approximate surface area is 195 Å². The minimum atomic E-state index is -0.368. The molecule has 0 atom stereocenters. The summed E-state index contributed by atoms with van der Waals surface area (Å²) in [6.07, 6.45) is 4.16. The molecule has 0 saturated carbocycles. The molecule has 0 aliphatic rings. The summed E-state index contributed by atoms with van der Waals surface area (Å²) in [5.41, 5.74) is 1.60. The highest BCUT2D eigenvalue weighted by Gasteiger charge is 2.13. The van der Waals surface area contributed by atoms with Gasteiger partial charge in [0.25, 0.3) is 0 Å². The van der Waals surface area contributed by atoms with Crippen LogP contribution in [0.3, 0.4) is 0 Å². The summed E-state index contributed by atoms with van der Waals surface area (Å²) in [5.74, 6) is 1.40. The molecule has 3 rings (SSSR count). The normalized spacial score (nSPS) is 10.2. The molecule has 2 N–H and O–H groups in total. The zero-order valence-corrected chi connectivity index (χ0v) is 18.8. The number of para-hydroxylation sites is 1.